The Hall–Kier alpha value is -1.36. The summed E-state index contributed by atoms with van der Waals surface area (Å²) in [6.07, 6.45) is 7.81. The van der Waals surface area contributed by atoms with Crippen molar-refractivity contribution in [2.24, 2.45) is 18.9 Å². The lowest BCUT2D eigenvalue weighted by Crippen LogP contribution is -2.35. The molecule has 0 spiro atoms. The predicted molar refractivity (Wildman–Crippen MR) is 81.8 cm³/mol. The highest BCUT2D eigenvalue weighted by molar-refractivity contribution is 5.78. The maximum absolute atomic E-state index is 12.4. The van der Waals surface area contributed by atoms with E-state index < -0.39 is 0 Å². The SMILES string of the molecule is CN1CCC(C2CCN(C(=O)Cc3cncn3C)C2)CC1. The molecule has 3 heterocycles. The minimum Gasteiger partial charge on any atom is -0.342 e. The Balaban J connectivity index is 1.52. The van der Waals surface area contributed by atoms with E-state index in [2.05, 4.69) is 21.8 Å². The Morgan fingerprint density at radius 3 is 2.57 bits per heavy atom. The van der Waals surface area contributed by atoms with Gasteiger partial charge in [0, 0.05) is 32.0 Å². The van der Waals surface area contributed by atoms with Gasteiger partial charge in [-0.25, -0.2) is 4.98 Å². The van der Waals surface area contributed by atoms with Gasteiger partial charge in [-0.1, -0.05) is 0 Å². The fourth-order valence-electron chi connectivity index (χ4n) is 3.72. The number of piperidine rings is 1. The van der Waals surface area contributed by atoms with Crippen molar-refractivity contribution < 1.29 is 4.79 Å². The van der Waals surface area contributed by atoms with E-state index in [9.17, 15) is 4.79 Å². The highest BCUT2D eigenvalue weighted by Gasteiger charge is 2.33. The predicted octanol–water partition coefficient (Wildman–Crippen LogP) is 1.15. The standard InChI is InChI=1S/C16H26N4O/c1-18-6-3-13(4-7-18)14-5-8-20(11-14)16(21)9-15-10-17-12-19(15)2/h10,12-14H,3-9,11H2,1-2H3. The molecule has 0 N–H and O–H groups in total. The summed E-state index contributed by atoms with van der Waals surface area (Å²) in [7, 11) is 4.15. The van der Waals surface area contributed by atoms with Crippen molar-refractivity contribution in [2.75, 3.05) is 33.2 Å². The lowest BCUT2D eigenvalue weighted by Gasteiger charge is -2.32. The third-order valence-corrected chi connectivity index (χ3v) is 5.26. The van der Waals surface area contributed by atoms with Crippen LogP contribution >= 0.6 is 0 Å². The molecule has 3 rings (SSSR count). The van der Waals surface area contributed by atoms with Crippen molar-refractivity contribution in [3.63, 3.8) is 0 Å². The van der Waals surface area contributed by atoms with Crippen LogP contribution in [0.5, 0.6) is 0 Å². The van der Waals surface area contributed by atoms with E-state index in [0.29, 0.717) is 12.3 Å². The van der Waals surface area contributed by atoms with E-state index in [-0.39, 0.29) is 5.91 Å². The van der Waals surface area contributed by atoms with Crippen LogP contribution in [-0.2, 0) is 18.3 Å². The summed E-state index contributed by atoms with van der Waals surface area (Å²) in [6, 6.07) is 0. The molecule has 0 bridgehead atoms. The van der Waals surface area contributed by atoms with Crippen molar-refractivity contribution in [3.05, 3.63) is 18.2 Å². The molecule has 2 aliphatic rings. The molecule has 0 aliphatic carbocycles. The first-order chi connectivity index (χ1) is 10.1. The topological polar surface area (TPSA) is 41.4 Å². The Labute approximate surface area is 126 Å². The molecule has 2 fully saturated rings. The van der Waals surface area contributed by atoms with Crippen LogP contribution < -0.4 is 0 Å². The number of hydrogen-bond donors (Lipinski definition) is 0. The van der Waals surface area contributed by atoms with Gasteiger partial charge in [-0.2, -0.15) is 0 Å². The minimum atomic E-state index is 0.258. The molecular formula is C16H26N4O. The largest absolute Gasteiger partial charge is 0.342 e. The van der Waals surface area contributed by atoms with Gasteiger partial charge in [0.15, 0.2) is 0 Å². The fourth-order valence-corrected chi connectivity index (χ4v) is 3.72. The molecule has 1 atom stereocenters. The van der Waals surface area contributed by atoms with Crippen LogP contribution in [0.15, 0.2) is 12.5 Å². The molecule has 5 heteroatoms. The Morgan fingerprint density at radius 1 is 1.19 bits per heavy atom. The zero-order valence-corrected chi connectivity index (χ0v) is 13.2. The summed E-state index contributed by atoms with van der Waals surface area (Å²) < 4.78 is 1.93. The van der Waals surface area contributed by atoms with Gasteiger partial charge in [0.1, 0.15) is 0 Å². The lowest BCUT2D eigenvalue weighted by atomic mass is 9.84. The highest BCUT2D eigenvalue weighted by Crippen LogP contribution is 2.31. The number of hydrogen-bond acceptors (Lipinski definition) is 3. The average molecular weight is 290 g/mol. The van der Waals surface area contributed by atoms with Crippen molar-refractivity contribution >= 4 is 5.91 Å². The van der Waals surface area contributed by atoms with Gasteiger partial charge in [0.05, 0.1) is 12.7 Å². The van der Waals surface area contributed by atoms with E-state index in [1.165, 1.54) is 32.4 Å². The van der Waals surface area contributed by atoms with Crippen LogP contribution in [0.2, 0.25) is 0 Å². The molecule has 116 valence electrons. The van der Waals surface area contributed by atoms with Gasteiger partial charge >= 0.3 is 0 Å². The highest BCUT2D eigenvalue weighted by atomic mass is 16.2. The van der Waals surface area contributed by atoms with Gasteiger partial charge in [-0.15, -0.1) is 0 Å². The zero-order valence-electron chi connectivity index (χ0n) is 13.2. The molecule has 2 aliphatic heterocycles. The summed E-state index contributed by atoms with van der Waals surface area (Å²) in [5.41, 5.74) is 1.00. The molecule has 2 saturated heterocycles. The van der Waals surface area contributed by atoms with Crippen molar-refractivity contribution in [3.8, 4) is 0 Å². The third kappa shape index (κ3) is 3.28. The number of carbonyl (C=O) groups excluding carboxylic acids is 1. The normalized spacial score (nSPS) is 24.7. The van der Waals surface area contributed by atoms with E-state index >= 15 is 0 Å². The van der Waals surface area contributed by atoms with Crippen molar-refractivity contribution in [1.82, 2.24) is 19.4 Å². The molecule has 21 heavy (non-hydrogen) atoms. The molecule has 0 saturated carbocycles. The first-order valence-corrected chi connectivity index (χ1v) is 8.05. The number of aryl methyl sites for hydroxylation is 1. The van der Waals surface area contributed by atoms with Gasteiger partial charge in [-0.05, 0) is 51.2 Å². The first kappa shape index (κ1) is 14.6. The number of rotatable bonds is 3. The van der Waals surface area contributed by atoms with E-state index in [1.54, 1.807) is 12.5 Å². The molecule has 1 aromatic rings. The first-order valence-electron chi connectivity index (χ1n) is 8.05. The summed E-state index contributed by atoms with van der Waals surface area (Å²) >= 11 is 0. The van der Waals surface area contributed by atoms with Crippen LogP contribution in [0.4, 0.5) is 0 Å². The summed E-state index contributed by atoms with van der Waals surface area (Å²) in [6.45, 7) is 4.33. The fraction of sp³-hybridized carbons (Fsp3) is 0.750. The number of nitrogens with zero attached hydrogens (tertiary/aromatic N) is 4. The molecule has 0 aromatic carbocycles. The molecule has 5 nitrogen and oxygen atoms in total. The summed E-state index contributed by atoms with van der Waals surface area (Å²) in [5.74, 6) is 1.79. The van der Waals surface area contributed by atoms with Crippen LogP contribution in [0, 0.1) is 11.8 Å². The number of amides is 1. The lowest BCUT2D eigenvalue weighted by molar-refractivity contribution is -0.129. The van der Waals surface area contributed by atoms with Crippen LogP contribution in [-0.4, -0.2) is 58.5 Å². The number of imidazole rings is 1. The van der Waals surface area contributed by atoms with Crippen molar-refractivity contribution in [1.29, 1.82) is 0 Å². The monoisotopic (exact) mass is 290 g/mol. The smallest absolute Gasteiger partial charge is 0.228 e. The van der Waals surface area contributed by atoms with Gasteiger partial charge in [0.2, 0.25) is 5.91 Å². The summed E-state index contributed by atoms with van der Waals surface area (Å²) in [4.78, 5) is 21.0. The maximum Gasteiger partial charge on any atom is 0.228 e. The van der Waals surface area contributed by atoms with Gasteiger partial charge in [0.25, 0.3) is 0 Å². The second-order valence-corrected chi connectivity index (χ2v) is 6.70. The molecular weight excluding hydrogens is 264 g/mol. The Bertz CT molecular complexity index is 490. The number of carbonyl (C=O) groups is 1. The van der Waals surface area contributed by atoms with Gasteiger partial charge in [-0.3, -0.25) is 4.79 Å². The second kappa shape index (κ2) is 6.18. The number of aromatic nitrogens is 2. The Morgan fingerprint density at radius 2 is 1.90 bits per heavy atom. The maximum atomic E-state index is 12.4. The van der Waals surface area contributed by atoms with E-state index in [0.717, 1.165) is 24.7 Å². The molecule has 1 amide bonds. The van der Waals surface area contributed by atoms with Crippen LogP contribution in [0.1, 0.15) is 25.0 Å². The number of likely N-dealkylation sites (tertiary alicyclic amines) is 2. The van der Waals surface area contributed by atoms with Crippen LogP contribution in [0.25, 0.3) is 0 Å². The quantitative estimate of drug-likeness (QED) is 0.838. The van der Waals surface area contributed by atoms with Gasteiger partial charge < -0.3 is 14.4 Å². The molecule has 1 unspecified atom stereocenters. The summed E-state index contributed by atoms with van der Waals surface area (Å²) in [5, 5.41) is 0. The third-order valence-electron chi connectivity index (χ3n) is 5.26. The van der Waals surface area contributed by atoms with E-state index in [1.807, 2.05) is 11.6 Å². The zero-order chi connectivity index (χ0) is 14.8. The molecule has 0 radical (unpaired) electrons. The van der Waals surface area contributed by atoms with E-state index in [4.69, 9.17) is 0 Å². The second-order valence-electron chi connectivity index (χ2n) is 6.70. The Kier molecular flexibility index (Phi) is 4.29. The van der Waals surface area contributed by atoms with Crippen molar-refractivity contribution in [2.45, 2.75) is 25.7 Å². The average Bonchev–Trinajstić information content (AvgIpc) is 3.10. The minimum absolute atomic E-state index is 0.258. The molecule has 1 aromatic heterocycles. The van der Waals surface area contributed by atoms with Crippen LogP contribution in [0.3, 0.4) is 0 Å².